The molecule has 1 aromatic heterocycles. The largest absolute Gasteiger partial charge is 0.481 e. The fourth-order valence-corrected chi connectivity index (χ4v) is 4.36. The molecule has 1 aromatic carbocycles. The summed E-state index contributed by atoms with van der Waals surface area (Å²) in [7, 11) is 0. The zero-order chi connectivity index (χ0) is 30.0. The Balaban J connectivity index is 2.29. The number of carboxylic acids is 2. The number of nitrogens with two attached hydrogens (primary N) is 1. The van der Waals surface area contributed by atoms with Gasteiger partial charge >= 0.3 is 11.9 Å². The zero-order valence-corrected chi connectivity index (χ0v) is 23.4. The normalized spacial score (nSPS) is 14.4. The number of aromatic nitrogens is 1. The summed E-state index contributed by atoms with van der Waals surface area (Å²) in [4.78, 5) is 65.3. The first kappa shape index (κ1) is 32.3. The maximum atomic E-state index is 13.6. The van der Waals surface area contributed by atoms with Gasteiger partial charge in [-0.05, 0) is 42.7 Å². The molecule has 0 aliphatic rings. The molecule has 0 spiro atoms. The van der Waals surface area contributed by atoms with Gasteiger partial charge in [0.15, 0.2) is 0 Å². The van der Waals surface area contributed by atoms with Gasteiger partial charge in [0.25, 0.3) is 0 Å². The number of benzene rings is 1. The fraction of sp³-hybridized carbons (Fsp3) is 0.536. The Morgan fingerprint density at radius 2 is 1.38 bits per heavy atom. The van der Waals surface area contributed by atoms with Crippen LogP contribution in [0.5, 0.6) is 0 Å². The molecule has 0 aliphatic carbocycles. The monoisotopic (exact) mass is 559 g/mol. The summed E-state index contributed by atoms with van der Waals surface area (Å²) in [5, 5.41) is 27.2. The van der Waals surface area contributed by atoms with E-state index in [1.807, 2.05) is 52.0 Å². The predicted octanol–water partition coefficient (Wildman–Crippen LogP) is 1.53. The Morgan fingerprint density at radius 3 is 1.98 bits per heavy atom. The average molecular weight is 560 g/mol. The van der Waals surface area contributed by atoms with Crippen molar-refractivity contribution >= 4 is 40.6 Å². The van der Waals surface area contributed by atoms with Crippen LogP contribution in [0.4, 0.5) is 0 Å². The predicted molar refractivity (Wildman–Crippen MR) is 149 cm³/mol. The lowest BCUT2D eigenvalue weighted by Crippen LogP contribution is -2.58. The molecule has 12 nitrogen and oxygen atoms in total. The van der Waals surface area contributed by atoms with Crippen LogP contribution >= 0.6 is 0 Å². The van der Waals surface area contributed by atoms with Crippen molar-refractivity contribution in [3.8, 4) is 0 Å². The Hall–Kier alpha value is -3.93. The summed E-state index contributed by atoms with van der Waals surface area (Å²) >= 11 is 0. The van der Waals surface area contributed by atoms with Crippen LogP contribution in [-0.4, -0.2) is 69.0 Å². The quantitative estimate of drug-likeness (QED) is 0.160. The molecule has 0 aliphatic heterocycles. The van der Waals surface area contributed by atoms with E-state index in [0.29, 0.717) is 0 Å². The molecule has 12 heteroatoms. The number of aliphatic carboxylic acids is 2. The van der Waals surface area contributed by atoms with Crippen LogP contribution in [0.2, 0.25) is 0 Å². The number of nitrogens with one attached hydrogen (secondary N) is 4. The summed E-state index contributed by atoms with van der Waals surface area (Å²) in [5.41, 5.74) is 7.46. The number of amides is 3. The zero-order valence-electron chi connectivity index (χ0n) is 23.4. The number of fused-ring (bicyclic) bond motifs is 1. The van der Waals surface area contributed by atoms with Gasteiger partial charge in [-0.3, -0.25) is 19.2 Å². The van der Waals surface area contributed by atoms with Gasteiger partial charge in [0.2, 0.25) is 17.7 Å². The van der Waals surface area contributed by atoms with Crippen LogP contribution in [0.3, 0.4) is 0 Å². The lowest BCUT2D eigenvalue weighted by atomic mass is 9.99. The average Bonchev–Trinajstić information content (AvgIpc) is 3.28. The molecule has 4 atom stereocenters. The fourth-order valence-electron chi connectivity index (χ4n) is 4.36. The molecule has 0 saturated carbocycles. The number of H-pyrrole nitrogens is 1. The van der Waals surface area contributed by atoms with Crippen molar-refractivity contribution < 1.29 is 34.2 Å². The third-order valence-electron chi connectivity index (χ3n) is 6.40. The number of carboxylic acid groups (broad SMARTS) is 2. The highest BCUT2D eigenvalue weighted by Gasteiger charge is 2.31. The number of hydrogen-bond acceptors (Lipinski definition) is 6. The Bertz CT molecular complexity index is 1190. The minimum absolute atomic E-state index is 0.0145. The Kier molecular flexibility index (Phi) is 12.1. The Morgan fingerprint density at radius 1 is 0.825 bits per heavy atom. The number of carbonyl (C=O) groups is 5. The van der Waals surface area contributed by atoms with Crippen LogP contribution in [0, 0.1) is 11.8 Å². The van der Waals surface area contributed by atoms with Crippen molar-refractivity contribution in [1.29, 1.82) is 0 Å². The number of carbonyl (C=O) groups excluding carboxylic acids is 3. The van der Waals surface area contributed by atoms with E-state index in [1.54, 1.807) is 6.20 Å². The molecule has 8 N–H and O–H groups in total. The highest BCUT2D eigenvalue weighted by molar-refractivity contribution is 5.95. The number of rotatable bonds is 16. The first-order chi connectivity index (χ1) is 18.8. The first-order valence-electron chi connectivity index (χ1n) is 13.4. The second-order valence-corrected chi connectivity index (χ2v) is 10.9. The molecule has 2 rings (SSSR count). The van der Waals surface area contributed by atoms with E-state index >= 15 is 0 Å². The maximum Gasteiger partial charge on any atom is 0.326 e. The van der Waals surface area contributed by atoms with Crippen LogP contribution in [0.25, 0.3) is 10.9 Å². The molecular formula is C28H41N5O7. The summed E-state index contributed by atoms with van der Waals surface area (Å²) in [5.74, 6) is -4.26. The standard InChI is InChI=1S/C28H41N5O7/c1-15(2)11-21(26(37)33-23(28(39)40)12-16(3)4)32-27(38)22(31-25(36)19(29)9-10-24(34)35)13-17-14-30-20-8-6-5-7-18(17)20/h5-8,14-16,19,21-23,30H,9-13,29H2,1-4H3,(H,31,36)(H,32,38)(H,33,37)(H,34,35)(H,39,40)/t19-,21-,22-,23-/m0/s1. The lowest BCUT2D eigenvalue weighted by Gasteiger charge is -2.26. The maximum absolute atomic E-state index is 13.6. The van der Waals surface area contributed by atoms with E-state index in [0.717, 1.165) is 16.5 Å². The van der Waals surface area contributed by atoms with E-state index in [-0.39, 0.29) is 43.9 Å². The lowest BCUT2D eigenvalue weighted by molar-refractivity contribution is -0.143. The first-order valence-corrected chi connectivity index (χ1v) is 13.4. The molecule has 0 unspecified atom stereocenters. The number of aromatic amines is 1. The second-order valence-electron chi connectivity index (χ2n) is 10.9. The smallest absolute Gasteiger partial charge is 0.326 e. The molecule has 0 fully saturated rings. The molecule has 0 radical (unpaired) electrons. The van der Waals surface area contributed by atoms with Gasteiger partial charge in [-0.25, -0.2) is 4.79 Å². The van der Waals surface area contributed by atoms with E-state index in [4.69, 9.17) is 10.8 Å². The van der Waals surface area contributed by atoms with Crippen molar-refractivity contribution in [2.24, 2.45) is 17.6 Å². The van der Waals surface area contributed by atoms with Gasteiger partial charge in [0, 0.05) is 29.9 Å². The second kappa shape index (κ2) is 15.0. The minimum atomic E-state index is -1.17. The van der Waals surface area contributed by atoms with Crippen molar-refractivity contribution in [1.82, 2.24) is 20.9 Å². The van der Waals surface area contributed by atoms with E-state index in [1.165, 1.54) is 0 Å². The van der Waals surface area contributed by atoms with Crippen LogP contribution in [0.15, 0.2) is 30.5 Å². The van der Waals surface area contributed by atoms with Gasteiger partial charge in [0.05, 0.1) is 6.04 Å². The van der Waals surface area contributed by atoms with E-state index in [2.05, 4.69) is 20.9 Å². The van der Waals surface area contributed by atoms with Gasteiger partial charge in [-0.2, -0.15) is 0 Å². The van der Waals surface area contributed by atoms with Gasteiger partial charge in [-0.1, -0.05) is 45.9 Å². The third kappa shape index (κ3) is 9.99. The van der Waals surface area contributed by atoms with Crippen LogP contribution in [0.1, 0.15) is 58.9 Å². The molecule has 0 bridgehead atoms. The topological polar surface area (TPSA) is 204 Å². The van der Waals surface area contributed by atoms with Crippen molar-refractivity contribution in [2.45, 2.75) is 84.0 Å². The highest BCUT2D eigenvalue weighted by Crippen LogP contribution is 2.19. The van der Waals surface area contributed by atoms with Crippen LogP contribution in [-0.2, 0) is 30.4 Å². The number of para-hydroxylation sites is 1. The molecule has 0 saturated heterocycles. The van der Waals surface area contributed by atoms with Gasteiger partial charge in [-0.15, -0.1) is 0 Å². The van der Waals surface area contributed by atoms with Crippen molar-refractivity contribution in [3.05, 3.63) is 36.0 Å². The summed E-state index contributed by atoms with van der Waals surface area (Å²) < 4.78 is 0. The molecule has 3 amide bonds. The molecule has 40 heavy (non-hydrogen) atoms. The van der Waals surface area contributed by atoms with E-state index < -0.39 is 53.8 Å². The summed E-state index contributed by atoms with van der Waals surface area (Å²) in [6, 6.07) is 2.97. The van der Waals surface area contributed by atoms with Crippen molar-refractivity contribution in [3.63, 3.8) is 0 Å². The molecule has 1 heterocycles. The Labute approximate surface area is 233 Å². The number of hydrogen-bond donors (Lipinski definition) is 7. The molecule has 2 aromatic rings. The van der Waals surface area contributed by atoms with Gasteiger partial charge in [0.1, 0.15) is 18.1 Å². The van der Waals surface area contributed by atoms with Gasteiger partial charge < -0.3 is 36.9 Å². The summed E-state index contributed by atoms with van der Waals surface area (Å²) in [6.07, 6.45) is 1.81. The van der Waals surface area contributed by atoms with E-state index in [9.17, 15) is 29.1 Å². The molecule has 220 valence electrons. The SMILES string of the molecule is CC(C)C[C@H](NC(=O)[C@H](CC(C)C)NC(=O)[C@H](Cc1c[nH]c2ccccc12)NC(=O)[C@@H](N)CCC(=O)O)C(=O)O. The van der Waals surface area contributed by atoms with Crippen molar-refractivity contribution in [2.75, 3.05) is 0 Å². The highest BCUT2D eigenvalue weighted by atomic mass is 16.4. The summed E-state index contributed by atoms with van der Waals surface area (Å²) in [6.45, 7) is 7.41. The molecular weight excluding hydrogens is 518 g/mol. The minimum Gasteiger partial charge on any atom is -0.481 e. The van der Waals surface area contributed by atoms with Crippen LogP contribution < -0.4 is 21.7 Å². The third-order valence-corrected chi connectivity index (χ3v) is 6.40.